The van der Waals surface area contributed by atoms with Crippen molar-refractivity contribution in [1.82, 2.24) is 4.90 Å². The van der Waals surface area contributed by atoms with Gasteiger partial charge in [0.2, 0.25) is 0 Å². The zero-order valence-electron chi connectivity index (χ0n) is 12.0. The van der Waals surface area contributed by atoms with Crippen molar-refractivity contribution >= 4 is 11.6 Å². The second kappa shape index (κ2) is 6.09. The maximum atomic E-state index is 12.6. The zero-order valence-corrected chi connectivity index (χ0v) is 12.0. The standard InChI is InChI=1S/C16H24N2O/c1-3-18(15-7-5-4-6-8-15)16(19)13-9-12(2)10-14(17)11-13/h9-11,15H,3-8,17H2,1-2H3. The maximum Gasteiger partial charge on any atom is 0.254 e. The molecule has 0 aliphatic heterocycles. The molecule has 1 aromatic carbocycles. The molecule has 0 saturated heterocycles. The molecule has 3 nitrogen and oxygen atoms in total. The SMILES string of the molecule is CCN(C(=O)c1cc(C)cc(N)c1)C1CCCCC1. The van der Waals surface area contributed by atoms with E-state index in [-0.39, 0.29) is 5.91 Å². The van der Waals surface area contributed by atoms with E-state index in [0.29, 0.717) is 11.7 Å². The van der Waals surface area contributed by atoms with Crippen LogP contribution in [-0.4, -0.2) is 23.4 Å². The molecule has 1 amide bonds. The Morgan fingerprint density at radius 3 is 2.53 bits per heavy atom. The first-order valence-electron chi connectivity index (χ1n) is 7.30. The number of benzene rings is 1. The summed E-state index contributed by atoms with van der Waals surface area (Å²) in [4.78, 5) is 14.7. The van der Waals surface area contributed by atoms with Crippen LogP contribution in [0.2, 0.25) is 0 Å². The normalized spacial score (nSPS) is 16.3. The molecule has 0 radical (unpaired) electrons. The van der Waals surface area contributed by atoms with Crippen molar-refractivity contribution in [3.63, 3.8) is 0 Å². The highest BCUT2D eigenvalue weighted by molar-refractivity contribution is 5.95. The summed E-state index contributed by atoms with van der Waals surface area (Å²) >= 11 is 0. The fourth-order valence-electron chi connectivity index (χ4n) is 3.06. The fraction of sp³-hybridized carbons (Fsp3) is 0.562. The molecular formula is C16H24N2O. The van der Waals surface area contributed by atoms with Crippen LogP contribution < -0.4 is 5.73 Å². The molecule has 0 aromatic heterocycles. The molecule has 19 heavy (non-hydrogen) atoms. The van der Waals surface area contributed by atoms with Gasteiger partial charge in [0.05, 0.1) is 0 Å². The van der Waals surface area contributed by atoms with Crippen molar-refractivity contribution in [2.45, 2.75) is 52.0 Å². The third-order valence-corrected chi connectivity index (χ3v) is 3.96. The van der Waals surface area contributed by atoms with E-state index in [0.717, 1.165) is 30.5 Å². The van der Waals surface area contributed by atoms with E-state index in [1.807, 2.05) is 24.0 Å². The van der Waals surface area contributed by atoms with E-state index in [2.05, 4.69) is 6.92 Å². The largest absolute Gasteiger partial charge is 0.399 e. The van der Waals surface area contributed by atoms with Gasteiger partial charge in [-0.1, -0.05) is 19.3 Å². The molecule has 3 heteroatoms. The Bertz CT molecular complexity index is 430. The Labute approximate surface area is 115 Å². The summed E-state index contributed by atoms with van der Waals surface area (Å²) in [5.41, 5.74) is 8.29. The third-order valence-electron chi connectivity index (χ3n) is 3.96. The number of nitrogen functional groups attached to an aromatic ring is 1. The first-order valence-corrected chi connectivity index (χ1v) is 7.30. The molecule has 1 aliphatic rings. The Morgan fingerprint density at radius 1 is 1.26 bits per heavy atom. The minimum Gasteiger partial charge on any atom is -0.399 e. The highest BCUT2D eigenvalue weighted by Gasteiger charge is 2.25. The van der Waals surface area contributed by atoms with Gasteiger partial charge in [0.15, 0.2) is 0 Å². The molecular weight excluding hydrogens is 236 g/mol. The summed E-state index contributed by atoms with van der Waals surface area (Å²) in [6.45, 7) is 4.81. The molecule has 0 bridgehead atoms. The van der Waals surface area contributed by atoms with Crippen LogP contribution in [0.5, 0.6) is 0 Å². The fourth-order valence-corrected chi connectivity index (χ4v) is 3.06. The predicted molar refractivity (Wildman–Crippen MR) is 79.2 cm³/mol. The number of rotatable bonds is 3. The Morgan fingerprint density at radius 2 is 1.95 bits per heavy atom. The minimum atomic E-state index is 0.129. The van der Waals surface area contributed by atoms with E-state index in [9.17, 15) is 4.79 Å². The minimum absolute atomic E-state index is 0.129. The lowest BCUT2D eigenvalue weighted by molar-refractivity contribution is 0.0648. The van der Waals surface area contributed by atoms with Gasteiger partial charge in [-0.05, 0) is 50.5 Å². The quantitative estimate of drug-likeness (QED) is 0.847. The van der Waals surface area contributed by atoms with Crippen molar-refractivity contribution in [3.8, 4) is 0 Å². The van der Waals surface area contributed by atoms with Crippen molar-refractivity contribution < 1.29 is 4.79 Å². The molecule has 1 fully saturated rings. The van der Waals surface area contributed by atoms with E-state index in [1.165, 1.54) is 19.3 Å². The van der Waals surface area contributed by atoms with Crippen LogP contribution in [0.15, 0.2) is 18.2 Å². The van der Waals surface area contributed by atoms with Gasteiger partial charge in [0.1, 0.15) is 0 Å². The van der Waals surface area contributed by atoms with E-state index < -0.39 is 0 Å². The number of hydrogen-bond donors (Lipinski definition) is 1. The van der Waals surface area contributed by atoms with Crippen LogP contribution in [0.25, 0.3) is 0 Å². The van der Waals surface area contributed by atoms with Crippen molar-refractivity contribution in [1.29, 1.82) is 0 Å². The number of nitrogens with two attached hydrogens (primary N) is 1. The van der Waals surface area contributed by atoms with Gasteiger partial charge in [-0.2, -0.15) is 0 Å². The predicted octanol–water partition coefficient (Wildman–Crippen LogP) is 3.37. The van der Waals surface area contributed by atoms with Gasteiger partial charge in [0, 0.05) is 23.8 Å². The number of hydrogen-bond acceptors (Lipinski definition) is 2. The van der Waals surface area contributed by atoms with Crippen LogP contribution in [0.3, 0.4) is 0 Å². The monoisotopic (exact) mass is 260 g/mol. The summed E-state index contributed by atoms with van der Waals surface area (Å²) in [6.07, 6.45) is 6.07. The highest BCUT2D eigenvalue weighted by atomic mass is 16.2. The third kappa shape index (κ3) is 3.28. The highest BCUT2D eigenvalue weighted by Crippen LogP contribution is 2.24. The smallest absolute Gasteiger partial charge is 0.254 e. The van der Waals surface area contributed by atoms with Crippen molar-refractivity contribution in [2.24, 2.45) is 0 Å². The summed E-state index contributed by atoms with van der Waals surface area (Å²) < 4.78 is 0. The molecule has 1 aliphatic carbocycles. The van der Waals surface area contributed by atoms with Crippen LogP contribution >= 0.6 is 0 Å². The maximum absolute atomic E-state index is 12.6. The first kappa shape index (κ1) is 13.9. The van der Waals surface area contributed by atoms with E-state index >= 15 is 0 Å². The summed E-state index contributed by atoms with van der Waals surface area (Å²) in [6, 6.07) is 6.03. The molecule has 1 saturated carbocycles. The zero-order chi connectivity index (χ0) is 13.8. The second-order valence-electron chi connectivity index (χ2n) is 5.52. The number of carbonyl (C=O) groups excluding carboxylic acids is 1. The van der Waals surface area contributed by atoms with Gasteiger partial charge in [0.25, 0.3) is 5.91 Å². The number of carbonyl (C=O) groups is 1. The Kier molecular flexibility index (Phi) is 4.46. The lowest BCUT2D eigenvalue weighted by Crippen LogP contribution is -2.41. The molecule has 2 rings (SSSR count). The van der Waals surface area contributed by atoms with Gasteiger partial charge in [-0.15, -0.1) is 0 Å². The average molecular weight is 260 g/mol. The number of amides is 1. The van der Waals surface area contributed by atoms with Crippen LogP contribution in [0.4, 0.5) is 5.69 Å². The summed E-state index contributed by atoms with van der Waals surface area (Å²) in [7, 11) is 0. The van der Waals surface area contributed by atoms with E-state index in [1.54, 1.807) is 6.07 Å². The number of anilines is 1. The van der Waals surface area contributed by atoms with Gasteiger partial charge in [-0.3, -0.25) is 4.79 Å². The topological polar surface area (TPSA) is 46.3 Å². The van der Waals surface area contributed by atoms with Gasteiger partial charge >= 0.3 is 0 Å². The lowest BCUT2D eigenvalue weighted by Gasteiger charge is -2.33. The molecule has 0 unspecified atom stereocenters. The van der Waals surface area contributed by atoms with Crippen molar-refractivity contribution in [2.75, 3.05) is 12.3 Å². The van der Waals surface area contributed by atoms with E-state index in [4.69, 9.17) is 5.73 Å². The summed E-state index contributed by atoms with van der Waals surface area (Å²) in [5.74, 6) is 0.129. The molecule has 2 N–H and O–H groups in total. The van der Waals surface area contributed by atoms with Gasteiger partial charge in [-0.25, -0.2) is 0 Å². The van der Waals surface area contributed by atoms with Crippen LogP contribution in [-0.2, 0) is 0 Å². The van der Waals surface area contributed by atoms with Crippen molar-refractivity contribution in [3.05, 3.63) is 29.3 Å². The average Bonchev–Trinajstić information content (AvgIpc) is 2.39. The molecule has 0 atom stereocenters. The molecule has 0 heterocycles. The molecule has 1 aromatic rings. The van der Waals surface area contributed by atoms with Crippen LogP contribution in [0.1, 0.15) is 54.9 Å². The Hall–Kier alpha value is -1.51. The first-order chi connectivity index (χ1) is 9.11. The molecule has 104 valence electrons. The Balaban J connectivity index is 2.19. The summed E-state index contributed by atoms with van der Waals surface area (Å²) in [5, 5.41) is 0. The van der Waals surface area contributed by atoms with Gasteiger partial charge < -0.3 is 10.6 Å². The molecule has 0 spiro atoms. The van der Waals surface area contributed by atoms with Crippen LogP contribution in [0, 0.1) is 6.92 Å². The number of nitrogens with zero attached hydrogens (tertiary/aromatic N) is 1. The number of aryl methyl sites for hydroxylation is 1. The lowest BCUT2D eigenvalue weighted by atomic mass is 9.93. The second-order valence-corrected chi connectivity index (χ2v) is 5.52.